The third kappa shape index (κ3) is 2.68. The highest BCUT2D eigenvalue weighted by Gasteiger charge is 2.06. The molecule has 0 saturated carbocycles. The molecule has 0 bridgehead atoms. The van der Waals surface area contributed by atoms with Crippen LogP contribution < -0.4 is 10.5 Å². The third-order valence-corrected chi connectivity index (χ3v) is 1.52. The monoisotopic (exact) mass is 198 g/mol. The molecule has 6 heteroatoms. The van der Waals surface area contributed by atoms with Crippen LogP contribution in [0, 0.1) is 10.1 Å². The number of nitro benzene ring substituents is 1. The SMILES string of the molecule is NCC(O)Oc1ccc([N+](=O)[O-])cc1. The molecule has 1 unspecified atom stereocenters. The fourth-order valence-electron chi connectivity index (χ4n) is 0.852. The Morgan fingerprint density at radius 1 is 1.50 bits per heavy atom. The van der Waals surface area contributed by atoms with Crippen LogP contribution in [0.5, 0.6) is 5.75 Å². The van der Waals surface area contributed by atoms with Gasteiger partial charge in [-0.3, -0.25) is 10.1 Å². The van der Waals surface area contributed by atoms with Gasteiger partial charge in [-0.1, -0.05) is 0 Å². The van der Waals surface area contributed by atoms with Gasteiger partial charge in [0.2, 0.25) is 6.29 Å². The summed E-state index contributed by atoms with van der Waals surface area (Å²) in [7, 11) is 0. The zero-order valence-electron chi connectivity index (χ0n) is 7.29. The summed E-state index contributed by atoms with van der Waals surface area (Å²) >= 11 is 0. The van der Waals surface area contributed by atoms with Gasteiger partial charge in [0.05, 0.1) is 11.5 Å². The van der Waals surface area contributed by atoms with Crippen LogP contribution in [-0.2, 0) is 0 Å². The van der Waals surface area contributed by atoms with Crippen LogP contribution in [0.1, 0.15) is 0 Å². The van der Waals surface area contributed by atoms with Crippen molar-refractivity contribution in [1.29, 1.82) is 0 Å². The van der Waals surface area contributed by atoms with Crippen molar-refractivity contribution in [2.45, 2.75) is 6.29 Å². The van der Waals surface area contributed by atoms with Gasteiger partial charge in [-0.25, -0.2) is 0 Å². The Labute approximate surface area is 80.1 Å². The van der Waals surface area contributed by atoms with Crippen molar-refractivity contribution in [2.24, 2.45) is 5.73 Å². The van der Waals surface area contributed by atoms with Gasteiger partial charge in [0, 0.05) is 12.1 Å². The zero-order valence-corrected chi connectivity index (χ0v) is 7.29. The number of nitro groups is 1. The second-order valence-electron chi connectivity index (χ2n) is 2.56. The molecule has 0 amide bonds. The Balaban J connectivity index is 2.68. The quantitative estimate of drug-likeness (QED) is 0.410. The Bertz CT molecular complexity index is 312. The number of benzene rings is 1. The van der Waals surface area contributed by atoms with Crippen molar-refractivity contribution >= 4 is 5.69 Å². The lowest BCUT2D eigenvalue weighted by Gasteiger charge is -2.10. The van der Waals surface area contributed by atoms with E-state index in [1.807, 2.05) is 0 Å². The maximum Gasteiger partial charge on any atom is 0.269 e. The number of nitrogens with zero attached hydrogens (tertiary/aromatic N) is 1. The molecule has 0 aliphatic carbocycles. The smallest absolute Gasteiger partial charge is 0.269 e. The third-order valence-electron chi connectivity index (χ3n) is 1.52. The summed E-state index contributed by atoms with van der Waals surface area (Å²) < 4.78 is 4.91. The van der Waals surface area contributed by atoms with Gasteiger partial charge in [-0.15, -0.1) is 0 Å². The van der Waals surface area contributed by atoms with Crippen molar-refractivity contribution < 1.29 is 14.8 Å². The molecule has 6 nitrogen and oxygen atoms in total. The van der Waals surface area contributed by atoms with E-state index in [9.17, 15) is 10.1 Å². The minimum atomic E-state index is -1.09. The fourth-order valence-corrected chi connectivity index (χ4v) is 0.852. The Kier molecular flexibility index (Phi) is 3.38. The standard InChI is InChI=1S/C8H10N2O4/c9-5-8(11)14-7-3-1-6(2-4-7)10(12)13/h1-4,8,11H,5,9H2. The molecule has 0 saturated heterocycles. The summed E-state index contributed by atoms with van der Waals surface area (Å²) in [5.41, 5.74) is 5.09. The summed E-state index contributed by atoms with van der Waals surface area (Å²) in [4.78, 5) is 9.78. The van der Waals surface area contributed by atoms with Crippen LogP contribution in [0.3, 0.4) is 0 Å². The van der Waals surface area contributed by atoms with Gasteiger partial charge < -0.3 is 15.6 Å². The van der Waals surface area contributed by atoms with Crippen LogP contribution in [-0.4, -0.2) is 22.9 Å². The topological polar surface area (TPSA) is 98.6 Å². The minimum absolute atomic E-state index is 0.0282. The summed E-state index contributed by atoms with van der Waals surface area (Å²) in [6.45, 7) is -0.0308. The zero-order chi connectivity index (χ0) is 10.6. The van der Waals surface area contributed by atoms with Crippen LogP contribution in [0.15, 0.2) is 24.3 Å². The van der Waals surface area contributed by atoms with E-state index in [4.69, 9.17) is 15.6 Å². The summed E-state index contributed by atoms with van der Waals surface area (Å²) in [5.74, 6) is 0.341. The molecule has 1 atom stereocenters. The van der Waals surface area contributed by atoms with E-state index < -0.39 is 11.2 Å². The Morgan fingerprint density at radius 3 is 2.50 bits per heavy atom. The normalized spacial score (nSPS) is 12.1. The van der Waals surface area contributed by atoms with Crippen molar-refractivity contribution in [3.63, 3.8) is 0 Å². The molecular formula is C8H10N2O4. The van der Waals surface area contributed by atoms with E-state index in [0.29, 0.717) is 5.75 Å². The highest BCUT2D eigenvalue weighted by Crippen LogP contribution is 2.17. The van der Waals surface area contributed by atoms with Crippen molar-refractivity contribution in [2.75, 3.05) is 6.54 Å². The van der Waals surface area contributed by atoms with E-state index in [1.54, 1.807) is 0 Å². The molecule has 0 heterocycles. The molecule has 0 fully saturated rings. The van der Waals surface area contributed by atoms with E-state index in [-0.39, 0.29) is 12.2 Å². The average Bonchev–Trinajstić information content (AvgIpc) is 2.18. The number of ether oxygens (including phenoxy) is 1. The van der Waals surface area contributed by atoms with Gasteiger partial charge in [0.25, 0.3) is 5.69 Å². The highest BCUT2D eigenvalue weighted by molar-refractivity contribution is 5.35. The van der Waals surface area contributed by atoms with Gasteiger partial charge in [0.15, 0.2) is 0 Å². The molecular weight excluding hydrogens is 188 g/mol. The first-order chi connectivity index (χ1) is 6.63. The number of non-ortho nitro benzene ring substituents is 1. The Morgan fingerprint density at radius 2 is 2.07 bits per heavy atom. The Hall–Kier alpha value is -1.66. The predicted molar refractivity (Wildman–Crippen MR) is 48.8 cm³/mol. The lowest BCUT2D eigenvalue weighted by atomic mass is 10.3. The first-order valence-corrected chi connectivity index (χ1v) is 3.92. The second kappa shape index (κ2) is 4.54. The molecule has 0 spiro atoms. The molecule has 0 aliphatic heterocycles. The van der Waals surface area contributed by atoms with Crippen molar-refractivity contribution in [3.8, 4) is 5.75 Å². The largest absolute Gasteiger partial charge is 0.464 e. The molecule has 1 aromatic carbocycles. The maximum atomic E-state index is 10.3. The number of hydrogen-bond acceptors (Lipinski definition) is 5. The molecule has 3 N–H and O–H groups in total. The highest BCUT2D eigenvalue weighted by atomic mass is 16.6. The summed E-state index contributed by atoms with van der Waals surface area (Å²) in [6.07, 6.45) is -1.09. The molecule has 0 radical (unpaired) electrons. The molecule has 76 valence electrons. The fraction of sp³-hybridized carbons (Fsp3) is 0.250. The van der Waals surface area contributed by atoms with Crippen LogP contribution in [0.2, 0.25) is 0 Å². The number of aliphatic hydroxyl groups is 1. The summed E-state index contributed by atoms with van der Waals surface area (Å²) in [5, 5.41) is 19.3. The van der Waals surface area contributed by atoms with Crippen molar-refractivity contribution in [1.82, 2.24) is 0 Å². The minimum Gasteiger partial charge on any atom is -0.464 e. The maximum absolute atomic E-state index is 10.3. The van der Waals surface area contributed by atoms with Gasteiger partial charge >= 0.3 is 0 Å². The van der Waals surface area contributed by atoms with E-state index in [0.717, 1.165) is 0 Å². The van der Waals surface area contributed by atoms with E-state index in [2.05, 4.69) is 0 Å². The lowest BCUT2D eigenvalue weighted by Crippen LogP contribution is -2.25. The molecule has 14 heavy (non-hydrogen) atoms. The van der Waals surface area contributed by atoms with E-state index in [1.165, 1.54) is 24.3 Å². The predicted octanol–water partition coefficient (Wildman–Crippen LogP) is 0.251. The van der Waals surface area contributed by atoms with Gasteiger partial charge in [0.1, 0.15) is 5.75 Å². The van der Waals surface area contributed by atoms with Crippen LogP contribution in [0.4, 0.5) is 5.69 Å². The van der Waals surface area contributed by atoms with Crippen LogP contribution >= 0.6 is 0 Å². The molecule has 1 aromatic rings. The number of rotatable bonds is 4. The second-order valence-corrected chi connectivity index (χ2v) is 2.56. The first-order valence-electron chi connectivity index (χ1n) is 3.92. The number of hydrogen-bond donors (Lipinski definition) is 2. The molecule has 0 aromatic heterocycles. The number of aliphatic hydroxyl groups excluding tert-OH is 1. The number of nitrogens with two attached hydrogens (primary N) is 1. The first kappa shape index (κ1) is 10.4. The molecule has 1 rings (SSSR count). The average molecular weight is 198 g/mol. The summed E-state index contributed by atoms with van der Waals surface area (Å²) in [6, 6.07) is 5.38. The molecule has 0 aliphatic rings. The van der Waals surface area contributed by atoms with E-state index >= 15 is 0 Å². The van der Waals surface area contributed by atoms with Crippen molar-refractivity contribution in [3.05, 3.63) is 34.4 Å². The lowest BCUT2D eigenvalue weighted by molar-refractivity contribution is -0.384. The van der Waals surface area contributed by atoms with Crippen LogP contribution in [0.25, 0.3) is 0 Å². The van der Waals surface area contributed by atoms with Gasteiger partial charge in [-0.05, 0) is 12.1 Å². The van der Waals surface area contributed by atoms with Gasteiger partial charge in [-0.2, -0.15) is 0 Å².